The van der Waals surface area contributed by atoms with E-state index in [0.717, 1.165) is 38.0 Å². The maximum Gasteiger partial charge on any atom is 0.249 e. The lowest BCUT2D eigenvalue weighted by Gasteiger charge is -2.32. The van der Waals surface area contributed by atoms with E-state index < -0.39 is 6.10 Å². The molecule has 128 valence electrons. The Labute approximate surface area is 147 Å². The first-order valence-electron chi connectivity index (χ1n) is 8.48. The number of nitrogens with one attached hydrogen (secondary N) is 1. The molecule has 3 rings (SSSR count). The number of amides is 1. The number of thiophene rings is 1. The van der Waals surface area contributed by atoms with Crippen molar-refractivity contribution in [3.05, 3.63) is 58.3 Å². The van der Waals surface area contributed by atoms with Crippen LogP contribution in [0.3, 0.4) is 0 Å². The van der Waals surface area contributed by atoms with Gasteiger partial charge in [-0.1, -0.05) is 36.4 Å². The number of carbonyl (C=O) groups excluding carboxylic acids is 1. The summed E-state index contributed by atoms with van der Waals surface area (Å²) in [6.07, 6.45) is 1.27. The number of aliphatic hydroxyl groups excluding tert-OH is 1. The molecule has 1 aliphatic heterocycles. The van der Waals surface area contributed by atoms with Gasteiger partial charge in [-0.05, 0) is 29.9 Å². The van der Waals surface area contributed by atoms with E-state index in [1.54, 1.807) is 11.3 Å². The summed E-state index contributed by atoms with van der Waals surface area (Å²) in [5.74, 6) is -0.254. The summed E-state index contributed by atoms with van der Waals surface area (Å²) in [5, 5.41) is 15.2. The molecule has 0 bridgehead atoms. The van der Waals surface area contributed by atoms with Gasteiger partial charge in [0.25, 0.3) is 0 Å². The molecule has 0 radical (unpaired) electrons. The number of nitrogens with zero attached hydrogens (tertiary/aromatic N) is 1. The van der Waals surface area contributed by atoms with E-state index in [0.29, 0.717) is 6.42 Å². The molecule has 0 spiro atoms. The maximum atomic E-state index is 12.2. The standard InChI is InChI=1S/C19H24N2O2S/c22-18(13-15-5-2-1-3-6-15)19(23)20-16-8-10-21(11-9-16)14-17-7-4-12-24-17/h1-7,12,16,18,22H,8-11,13-14H2,(H,20,23). The minimum absolute atomic E-state index is 0.169. The molecule has 4 nitrogen and oxygen atoms in total. The lowest BCUT2D eigenvalue weighted by molar-refractivity contribution is -0.130. The van der Waals surface area contributed by atoms with Crippen LogP contribution < -0.4 is 5.32 Å². The highest BCUT2D eigenvalue weighted by Crippen LogP contribution is 2.17. The van der Waals surface area contributed by atoms with Crippen LogP contribution in [0.1, 0.15) is 23.3 Å². The lowest BCUT2D eigenvalue weighted by atomic mass is 10.0. The first-order chi connectivity index (χ1) is 11.7. The van der Waals surface area contributed by atoms with E-state index in [2.05, 4.69) is 27.7 Å². The Morgan fingerprint density at radius 3 is 2.62 bits per heavy atom. The second-order valence-electron chi connectivity index (χ2n) is 6.34. The second-order valence-corrected chi connectivity index (χ2v) is 7.38. The number of rotatable bonds is 6. The minimum atomic E-state index is -0.975. The monoisotopic (exact) mass is 344 g/mol. The summed E-state index contributed by atoms with van der Waals surface area (Å²) < 4.78 is 0. The first-order valence-corrected chi connectivity index (χ1v) is 9.36. The van der Waals surface area contributed by atoms with E-state index in [9.17, 15) is 9.90 Å². The van der Waals surface area contributed by atoms with Gasteiger partial charge in [-0.25, -0.2) is 0 Å². The van der Waals surface area contributed by atoms with Gasteiger partial charge in [-0.2, -0.15) is 0 Å². The van der Waals surface area contributed by atoms with E-state index in [1.807, 2.05) is 30.3 Å². The van der Waals surface area contributed by atoms with Crippen molar-refractivity contribution in [1.82, 2.24) is 10.2 Å². The third kappa shape index (κ3) is 4.90. The second kappa shape index (κ2) is 8.42. The van der Waals surface area contributed by atoms with Crippen molar-refractivity contribution in [3.63, 3.8) is 0 Å². The fourth-order valence-corrected chi connectivity index (χ4v) is 3.83. The number of carbonyl (C=O) groups is 1. The largest absolute Gasteiger partial charge is 0.383 e. The van der Waals surface area contributed by atoms with Crippen molar-refractivity contribution in [2.24, 2.45) is 0 Å². The molecule has 0 aliphatic carbocycles. The third-order valence-electron chi connectivity index (χ3n) is 4.47. The first kappa shape index (κ1) is 17.1. The normalized spacial score (nSPS) is 17.5. The van der Waals surface area contributed by atoms with Gasteiger partial charge in [0, 0.05) is 37.0 Å². The topological polar surface area (TPSA) is 52.6 Å². The number of hydrogen-bond donors (Lipinski definition) is 2. The van der Waals surface area contributed by atoms with Crippen LogP contribution in [0.25, 0.3) is 0 Å². The van der Waals surface area contributed by atoms with E-state index in [-0.39, 0.29) is 11.9 Å². The zero-order chi connectivity index (χ0) is 16.8. The van der Waals surface area contributed by atoms with Gasteiger partial charge < -0.3 is 10.4 Å². The average molecular weight is 344 g/mol. The smallest absolute Gasteiger partial charge is 0.249 e. The molecule has 1 amide bonds. The highest BCUT2D eigenvalue weighted by Gasteiger charge is 2.23. The van der Waals surface area contributed by atoms with E-state index in [4.69, 9.17) is 0 Å². The molecule has 0 saturated carbocycles. The quantitative estimate of drug-likeness (QED) is 0.846. The Bertz CT molecular complexity index is 622. The van der Waals surface area contributed by atoms with Crippen LogP contribution in [0.2, 0.25) is 0 Å². The van der Waals surface area contributed by atoms with Crippen molar-refractivity contribution in [1.29, 1.82) is 0 Å². The molecule has 1 aromatic carbocycles. The maximum absolute atomic E-state index is 12.2. The van der Waals surface area contributed by atoms with Gasteiger partial charge in [0.05, 0.1) is 0 Å². The number of hydrogen-bond acceptors (Lipinski definition) is 4. The molecule has 1 unspecified atom stereocenters. The fourth-order valence-electron chi connectivity index (χ4n) is 3.09. The average Bonchev–Trinajstić information content (AvgIpc) is 3.10. The highest BCUT2D eigenvalue weighted by molar-refractivity contribution is 7.09. The summed E-state index contributed by atoms with van der Waals surface area (Å²) >= 11 is 1.79. The van der Waals surface area contributed by atoms with Crippen LogP contribution in [0.15, 0.2) is 47.8 Å². The molecule has 1 atom stereocenters. The lowest BCUT2D eigenvalue weighted by Crippen LogP contribution is -2.47. The van der Waals surface area contributed by atoms with Crippen molar-refractivity contribution >= 4 is 17.2 Å². The summed E-state index contributed by atoms with van der Waals surface area (Å²) in [7, 11) is 0. The number of likely N-dealkylation sites (tertiary alicyclic amines) is 1. The Hall–Kier alpha value is -1.69. The predicted molar refractivity (Wildman–Crippen MR) is 96.9 cm³/mol. The summed E-state index contributed by atoms with van der Waals surface area (Å²) in [5.41, 5.74) is 0.978. The minimum Gasteiger partial charge on any atom is -0.383 e. The molecule has 1 aliphatic rings. The number of benzene rings is 1. The van der Waals surface area contributed by atoms with Crippen LogP contribution in [0.4, 0.5) is 0 Å². The van der Waals surface area contributed by atoms with Crippen LogP contribution in [-0.2, 0) is 17.8 Å². The molecular formula is C19H24N2O2S. The molecular weight excluding hydrogens is 320 g/mol. The van der Waals surface area contributed by atoms with Crippen molar-refractivity contribution in [2.45, 2.75) is 38.0 Å². The molecule has 24 heavy (non-hydrogen) atoms. The van der Waals surface area contributed by atoms with Crippen molar-refractivity contribution in [2.75, 3.05) is 13.1 Å². The molecule has 2 N–H and O–H groups in total. The predicted octanol–water partition coefficient (Wildman–Crippen LogP) is 2.43. The fraction of sp³-hybridized carbons (Fsp3) is 0.421. The van der Waals surface area contributed by atoms with Crippen LogP contribution in [-0.4, -0.2) is 41.1 Å². The van der Waals surface area contributed by atoms with Crippen LogP contribution in [0.5, 0.6) is 0 Å². The molecule has 1 saturated heterocycles. The highest BCUT2D eigenvalue weighted by atomic mass is 32.1. The Balaban J connectivity index is 1.41. The van der Waals surface area contributed by atoms with Crippen LogP contribution >= 0.6 is 11.3 Å². The Morgan fingerprint density at radius 2 is 1.96 bits per heavy atom. The zero-order valence-electron chi connectivity index (χ0n) is 13.7. The van der Waals surface area contributed by atoms with Crippen molar-refractivity contribution < 1.29 is 9.90 Å². The summed E-state index contributed by atoms with van der Waals surface area (Å²) in [6.45, 7) is 2.96. The Kier molecular flexibility index (Phi) is 6.01. The van der Waals surface area contributed by atoms with Crippen LogP contribution in [0, 0.1) is 0 Å². The molecule has 5 heteroatoms. The van der Waals surface area contributed by atoms with Gasteiger partial charge in [-0.3, -0.25) is 9.69 Å². The van der Waals surface area contributed by atoms with Gasteiger partial charge in [-0.15, -0.1) is 11.3 Å². The number of piperidine rings is 1. The molecule has 2 aromatic rings. The summed E-state index contributed by atoms with van der Waals surface area (Å²) in [6, 6.07) is 14.0. The van der Waals surface area contributed by atoms with E-state index >= 15 is 0 Å². The van der Waals surface area contributed by atoms with Crippen molar-refractivity contribution in [3.8, 4) is 0 Å². The Morgan fingerprint density at radius 1 is 1.21 bits per heavy atom. The number of aliphatic hydroxyl groups is 1. The molecule has 1 fully saturated rings. The van der Waals surface area contributed by atoms with Gasteiger partial charge in [0.2, 0.25) is 5.91 Å². The molecule has 1 aromatic heterocycles. The van der Waals surface area contributed by atoms with Gasteiger partial charge in [0.1, 0.15) is 6.10 Å². The zero-order valence-corrected chi connectivity index (χ0v) is 14.5. The third-order valence-corrected chi connectivity index (χ3v) is 5.33. The van der Waals surface area contributed by atoms with E-state index in [1.165, 1.54) is 4.88 Å². The van der Waals surface area contributed by atoms with Gasteiger partial charge >= 0.3 is 0 Å². The summed E-state index contributed by atoms with van der Waals surface area (Å²) in [4.78, 5) is 16.0. The van der Waals surface area contributed by atoms with Gasteiger partial charge in [0.15, 0.2) is 0 Å². The SMILES string of the molecule is O=C(NC1CCN(Cc2cccs2)CC1)C(O)Cc1ccccc1. The molecule has 2 heterocycles.